The standard InChI is InChI=1S/C26H44N6O3/c1-4-7-10-17-35-23-15-9-8-13-20(23)14-11-16-29-25(34)22(19-31-26(27)28)32-21(12-5-2)18-30-24(33)6-3/h8-9,12-13,15,22,32H,4-7,10-11,14,16-19H2,1-3H3,(H,29,34)(H,30,33)(H4,27,28,31)/b21-12+. The van der Waals surface area contributed by atoms with Crippen molar-refractivity contribution < 1.29 is 14.3 Å². The van der Waals surface area contributed by atoms with Crippen molar-refractivity contribution in [3.63, 3.8) is 0 Å². The molecular weight excluding hydrogens is 444 g/mol. The van der Waals surface area contributed by atoms with Crippen LogP contribution in [0.25, 0.3) is 0 Å². The molecule has 0 aliphatic carbocycles. The van der Waals surface area contributed by atoms with E-state index in [0.29, 0.717) is 26.1 Å². The van der Waals surface area contributed by atoms with E-state index in [0.717, 1.165) is 55.5 Å². The molecule has 9 heteroatoms. The van der Waals surface area contributed by atoms with E-state index in [1.54, 1.807) is 6.92 Å². The van der Waals surface area contributed by atoms with E-state index in [-0.39, 0.29) is 24.3 Å². The van der Waals surface area contributed by atoms with Crippen molar-refractivity contribution in [1.82, 2.24) is 16.0 Å². The highest BCUT2D eigenvalue weighted by Crippen LogP contribution is 2.20. The van der Waals surface area contributed by atoms with Crippen LogP contribution in [0.5, 0.6) is 5.75 Å². The molecule has 2 amide bonds. The van der Waals surface area contributed by atoms with E-state index in [4.69, 9.17) is 16.2 Å². The third-order valence-electron chi connectivity index (χ3n) is 5.28. The summed E-state index contributed by atoms with van der Waals surface area (Å²) >= 11 is 0. The van der Waals surface area contributed by atoms with Gasteiger partial charge in [0.2, 0.25) is 11.8 Å². The number of allylic oxidation sites excluding steroid dienone is 1. The van der Waals surface area contributed by atoms with Gasteiger partial charge in [0.1, 0.15) is 11.8 Å². The number of unbranched alkanes of at least 4 members (excludes halogenated alkanes) is 2. The number of aliphatic imine (C=N–C) groups is 1. The van der Waals surface area contributed by atoms with Crippen molar-refractivity contribution >= 4 is 17.8 Å². The summed E-state index contributed by atoms with van der Waals surface area (Å²) in [7, 11) is 0. The van der Waals surface area contributed by atoms with Crippen LogP contribution in [0.2, 0.25) is 0 Å². The summed E-state index contributed by atoms with van der Waals surface area (Å²) in [5, 5.41) is 8.98. The quantitative estimate of drug-likeness (QED) is 0.122. The van der Waals surface area contributed by atoms with Gasteiger partial charge < -0.3 is 32.2 Å². The second kappa shape index (κ2) is 18.1. The number of hydrogen-bond donors (Lipinski definition) is 5. The molecular formula is C26H44N6O3. The fourth-order valence-corrected chi connectivity index (χ4v) is 3.36. The van der Waals surface area contributed by atoms with Crippen molar-refractivity contribution in [3.8, 4) is 5.75 Å². The number of guanidine groups is 1. The Morgan fingerprint density at radius 2 is 1.86 bits per heavy atom. The fourth-order valence-electron chi connectivity index (χ4n) is 3.36. The lowest BCUT2D eigenvalue weighted by Gasteiger charge is -2.21. The first-order chi connectivity index (χ1) is 16.9. The summed E-state index contributed by atoms with van der Waals surface area (Å²) in [4.78, 5) is 28.6. The summed E-state index contributed by atoms with van der Waals surface area (Å²) in [6.07, 6.45) is 7.99. The molecule has 0 radical (unpaired) electrons. The molecule has 0 bridgehead atoms. The Morgan fingerprint density at radius 3 is 2.54 bits per heavy atom. The second-order valence-corrected chi connectivity index (χ2v) is 8.29. The van der Waals surface area contributed by atoms with E-state index in [9.17, 15) is 9.59 Å². The van der Waals surface area contributed by atoms with Gasteiger partial charge in [-0.05, 0) is 37.3 Å². The SMILES string of the molecule is CC/C=C(\CNC(=O)CC)NC(CN=C(N)N)C(=O)NCCCc1ccccc1OCCCCC. The molecule has 0 spiro atoms. The molecule has 0 aromatic heterocycles. The smallest absolute Gasteiger partial charge is 0.244 e. The van der Waals surface area contributed by atoms with E-state index in [1.807, 2.05) is 31.2 Å². The zero-order valence-corrected chi connectivity index (χ0v) is 21.6. The molecule has 1 atom stereocenters. The Balaban J connectivity index is 2.66. The van der Waals surface area contributed by atoms with Gasteiger partial charge in [0.05, 0.1) is 19.7 Å². The maximum Gasteiger partial charge on any atom is 0.244 e. The molecule has 35 heavy (non-hydrogen) atoms. The van der Waals surface area contributed by atoms with Gasteiger partial charge >= 0.3 is 0 Å². The van der Waals surface area contributed by atoms with Crippen LogP contribution in [-0.4, -0.2) is 50.1 Å². The number of nitrogens with two attached hydrogens (primary N) is 2. The van der Waals surface area contributed by atoms with Crippen LogP contribution in [0.4, 0.5) is 0 Å². The average Bonchev–Trinajstić information content (AvgIpc) is 2.85. The van der Waals surface area contributed by atoms with Crippen LogP contribution in [0.1, 0.15) is 64.9 Å². The van der Waals surface area contributed by atoms with E-state index in [2.05, 4.69) is 33.9 Å². The number of hydrogen-bond acceptors (Lipinski definition) is 5. The first-order valence-electron chi connectivity index (χ1n) is 12.7. The number of amides is 2. The Morgan fingerprint density at radius 1 is 1.09 bits per heavy atom. The Hall–Kier alpha value is -3.23. The van der Waals surface area contributed by atoms with Crippen molar-refractivity contribution in [1.29, 1.82) is 0 Å². The van der Waals surface area contributed by atoms with E-state index in [1.165, 1.54) is 0 Å². The molecule has 0 fully saturated rings. The average molecular weight is 489 g/mol. The Bertz CT molecular complexity index is 821. The molecule has 1 aromatic carbocycles. The largest absolute Gasteiger partial charge is 0.493 e. The minimum absolute atomic E-state index is 0.0614. The lowest BCUT2D eigenvalue weighted by molar-refractivity contribution is -0.122. The summed E-state index contributed by atoms with van der Waals surface area (Å²) in [5.41, 5.74) is 12.8. The Labute approximate surface area is 210 Å². The fraction of sp³-hybridized carbons (Fsp3) is 0.577. The molecule has 196 valence electrons. The maximum atomic E-state index is 12.9. The van der Waals surface area contributed by atoms with Gasteiger partial charge in [-0.25, -0.2) is 0 Å². The van der Waals surface area contributed by atoms with Crippen molar-refractivity contribution in [2.75, 3.05) is 26.2 Å². The van der Waals surface area contributed by atoms with E-state index < -0.39 is 6.04 Å². The van der Waals surface area contributed by atoms with Gasteiger partial charge in [-0.3, -0.25) is 14.6 Å². The number of carbonyl (C=O) groups excluding carboxylic acids is 2. The van der Waals surface area contributed by atoms with Crippen LogP contribution in [-0.2, 0) is 16.0 Å². The lowest BCUT2D eigenvalue weighted by Crippen LogP contribution is -2.48. The second-order valence-electron chi connectivity index (χ2n) is 8.29. The third-order valence-corrected chi connectivity index (χ3v) is 5.28. The predicted octanol–water partition coefficient (Wildman–Crippen LogP) is 2.36. The number of para-hydroxylation sites is 1. The molecule has 0 heterocycles. The minimum atomic E-state index is -0.664. The zero-order valence-electron chi connectivity index (χ0n) is 21.6. The summed E-state index contributed by atoms with van der Waals surface area (Å²) in [6.45, 7) is 7.56. The van der Waals surface area contributed by atoms with Crippen LogP contribution < -0.4 is 32.2 Å². The van der Waals surface area contributed by atoms with Crippen molar-refractivity contribution in [2.45, 2.75) is 71.8 Å². The molecule has 1 aromatic rings. The molecule has 0 aliphatic rings. The van der Waals surface area contributed by atoms with Gasteiger partial charge in [-0.15, -0.1) is 0 Å². The molecule has 0 aliphatic heterocycles. The molecule has 1 unspecified atom stereocenters. The van der Waals surface area contributed by atoms with Gasteiger partial charge in [0.25, 0.3) is 0 Å². The van der Waals surface area contributed by atoms with Crippen LogP contribution >= 0.6 is 0 Å². The van der Waals surface area contributed by atoms with Gasteiger partial charge in [0.15, 0.2) is 5.96 Å². The number of nitrogens with one attached hydrogen (secondary N) is 3. The highest BCUT2D eigenvalue weighted by Gasteiger charge is 2.19. The van der Waals surface area contributed by atoms with Crippen LogP contribution in [0.3, 0.4) is 0 Å². The topological polar surface area (TPSA) is 144 Å². The number of nitrogens with zero attached hydrogens (tertiary/aromatic N) is 1. The van der Waals surface area contributed by atoms with Crippen molar-refractivity contribution in [3.05, 3.63) is 41.6 Å². The summed E-state index contributed by atoms with van der Waals surface area (Å²) < 4.78 is 5.95. The summed E-state index contributed by atoms with van der Waals surface area (Å²) in [6, 6.07) is 7.37. The van der Waals surface area contributed by atoms with Gasteiger partial charge in [0, 0.05) is 18.7 Å². The number of carbonyl (C=O) groups is 2. The normalized spacial score (nSPS) is 11.9. The highest BCUT2D eigenvalue weighted by atomic mass is 16.5. The van der Waals surface area contributed by atoms with Crippen LogP contribution in [0, 0.1) is 0 Å². The third kappa shape index (κ3) is 13.3. The molecule has 1 rings (SSSR count). The van der Waals surface area contributed by atoms with E-state index >= 15 is 0 Å². The molecule has 0 saturated heterocycles. The van der Waals surface area contributed by atoms with Crippen LogP contribution in [0.15, 0.2) is 41.0 Å². The number of rotatable bonds is 18. The van der Waals surface area contributed by atoms with Gasteiger partial charge in [-0.2, -0.15) is 0 Å². The Kier molecular flexibility index (Phi) is 15.4. The number of ether oxygens (including phenoxy) is 1. The monoisotopic (exact) mass is 488 g/mol. The lowest BCUT2D eigenvalue weighted by atomic mass is 10.1. The first kappa shape index (κ1) is 29.8. The van der Waals surface area contributed by atoms with Crippen molar-refractivity contribution in [2.24, 2.45) is 16.5 Å². The maximum absolute atomic E-state index is 12.9. The number of aryl methyl sites for hydroxylation is 1. The van der Waals surface area contributed by atoms with Gasteiger partial charge in [-0.1, -0.05) is 57.9 Å². The zero-order chi connectivity index (χ0) is 25.9. The first-order valence-corrected chi connectivity index (χ1v) is 12.7. The number of benzene rings is 1. The molecule has 0 saturated carbocycles. The highest BCUT2D eigenvalue weighted by molar-refractivity contribution is 5.83. The summed E-state index contributed by atoms with van der Waals surface area (Å²) in [5.74, 6) is 0.558. The molecule has 7 N–H and O–H groups in total. The minimum Gasteiger partial charge on any atom is -0.493 e. The predicted molar refractivity (Wildman–Crippen MR) is 142 cm³/mol. The molecule has 9 nitrogen and oxygen atoms in total.